The molecule has 1 heterocycles. The van der Waals surface area contributed by atoms with Crippen molar-refractivity contribution in [3.8, 4) is 5.75 Å². The molecule has 1 fully saturated rings. The van der Waals surface area contributed by atoms with Gasteiger partial charge in [-0.2, -0.15) is 0 Å². The third-order valence-corrected chi connectivity index (χ3v) is 4.62. The molecular weight excluding hydrogens is 260 g/mol. The predicted molar refractivity (Wildman–Crippen MR) is 87.5 cm³/mol. The molecule has 0 spiro atoms. The van der Waals surface area contributed by atoms with Crippen molar-refractivity contribution in [1.29, 1.82) is 0 Å². The van der Waals surface area contributed by atoms with Crippen molar-refractivity contribution >= 4 is 0 Å². The molecule has 0 aliphatic heterocycles. The molecule has 2 rings (SSSR count). The van der Waals surface area contributed by atoms with Crippen LogP contribution in [0.2, 0.25) is 0 Å². The molecule has 0 bridgehead atoms. The molecule has 1 aliphatic rings. The number of aromatic nitrogens is 1. The van der Waals surface area contributed by atoms with Gasteiger partial charge in [-0.15, -0.1) is 0 Å². The minimum atomic E-state index is 0.357. The van der Waals surface area contributed by atoms with E-state index in [2.05, 4.69) is 44.1 Å². The first-order valence-electron chi connectivity index (χ1n) is 8.31. The highest BCUT2D eigenvalue weighted by atomic mass is 16.5. The van der Waals surface area contributed by atoms with Crippen LogP contribution in [-0.2, 0) is 6.54 Å². The van der Waals surface area contributed by atoms with Crippen molar-refractivity contribution in [2.24, 2.45) is 11.8 Å². The fourth-order valence-corrected chi connectivity index (χ4v) is 2.90. The van der Waals surface area contributed by atoms with Crippen molar-refractivity contribution in [3.63, 3.8) is 0 Å². The van der Waals surface area contributed by atoms with Crippen molar-refractivity contribution in [2.45, 2.75) is 72.6 Å². The maximum absolute atomic E-state index is 6.34. The molecular formula is C18H30N2O. The van der Waals surface area contributed by atoms with Crippen LogP contribution < -0.4 is 10.1 Å². The highest BCUT2D eigenvalue weighted by Crippen LogP contribution is 2.32. The summed E-state index contributed by atoms with van der Waals surface area (Å²) < 4.78 is 6.34. The SMILES string of the molecule is Cc1cc(OC2CCC(C)C(C)C2)c(CNC(C)C)cn1. The van der Waals surface area contributed by atoms with Crippen LogP contribution in [0.4, 0.5) is 0 Å². The maximum Gasteiger partial charge on any atom is 0.127 e. The predicted octanol–water partition coefficient (Wildman–Crippen LogP) is 4.09. The van der Waals surface area contributed by atoms with E-state index in [0.717, 1.165) is 29.8 Å². The Bertz CT molecular complexity index is 459. The molecule has 0 aromatic carbocycles. The Morgan fingerprint density at radius 2 is 2.05 bits per heavy atom. The van der Waals surface area contributed by atoms with Crippen molar-refractivity contribution in [2.75, 3.05) is 0 Å². The van der Waals surface area contributed by atoms with E-state index in [4.69, 9.17) is 4.74 Å². The minimum absolute atomic E-state index is 0.357. The van der Waals surface area contributed by atoms with E-state index in [1.54, 1.807) is 0 Å². The highest BCUT2D eigenvalue weighted by molar-refractivity contribution is 5.33. The Morgan fingerprint density at radius 3 is 2.71 bits per heavy atom. The fourth-order valence-electron chi connectivity index (χ4n) is 2.90. The van der Waals surface area contributed by atoms with E-state index in [0.29, 0.717) is 12.1 Å². The van der Waals surface area contributed by atoms with Crippen LogP contribution in [0.15, 0.2) is 12.3 Å². The molecule has 1 aliphatic carbocycles. The van der Waals surface area contributed by atoms with Gasteiger partial charge in [0.1, 0.15) is 5.75 Å². The summed E-state index contributed by atoms with van der Waals surface area (Å²) in [6, 6.07) is 2.55. The summed E-state index contributed by atoms with van der Waals surface area (Å²) >= 11 is 0. The van der Waals surface area contributed by atoms with Gasteiger partial charge in [-0.3, -0.25) is 4.98 Å². The van der Waals surface area contributed by atoms with E-state index in [9.17, 15) is 0 Å². The van der Waals surface area contributed by atoms with Gasteiger partial charge in [0.25, 0.3) is 0 Å². The molecule has 3 heteroatoms. The topological polar surface area (TPSA) is 34.1 Å². The molecule has 0 saturated heterocycles. The zero-order valence-electron chi connectivity index (χ0n) is 14.1. The van der Waals surface area contributed by atoms with Crippen LogP contribution in [0.25, 0.3) is 0 Å². The third kappa shape index (κ3) is 4.70. The zero-order valence-corrected chi connectivity index (χ0v) is 14.1. The quantitative estimate of drug-likeness (QED) is 0.887. The summed E-state index contributed by atoms with van der Waals surface area (Å²) in [5.74, 6) is 2.59. The monoisotopic (exact) mass is 290 g/mol. The fraction of sp³-hybridized carbons (Fsp3) is 0.722. The van der Waals surface area contributed by atoms with Crippen LogP contribution in [0, 0.1) is 18.8 Å². The number of hydrogen-bond donors (Lipinski definition) is 1. The Balaban J connectivity index is 2.05. The van der Waals surface area contributed by atoms with E-state index in [1.165, 1.54) is 24.8 Å². The minimum Gasteiger partial charge on any atom is -0.490 e. The van der Waals surface area contributed by atoms with Gasteiger partial charge in [0.05, 0.1) is 6.10 Å². The first-order valence-corrected chi connectivity index (χ1v) is 8.31. The van der Waals surface area contributed by atoms with E-state index in [1.807, 2.05) is 13.1 Å². The number of ether oxygens (including phenoxy) is 1. The first-order chi connectivity index (χ1) is 9.95. The number of nitrogens with one attached hydrogen (secondary N) is 1. The Kier molecular flexibility index (Phi) is 5.63. The normalized spacial score (nSPS) is 26.1. The van der Waals surface area contributed by atoms with Crippen molar-refractivity contribution in [1.82, 2.24) is 10.3 Å². The molecule has 1 aromatic heterocycles. The maximum atomic E-state index is 6.34. The second-order valence-electron chi connectivity index (χ2n) is 6.98. The highest BCUT2D eigenvalue weighted by Gasteiger charge is 2.26. The first kappa shape index (κ1) is 16.3. The molecule has 118 valence electrons. The average Bonchev–Trinajstić information content (AvgIpc) is 2.42. The average molecular weight is 290 g/mol. The number of pyridine rings is 1. The van der Waals surface area contributed by atoms with Gasteiger partial charge in [-0.05, 0) is 38.0 Å². The van der Waals surface area contributed by atoms with Gasteiger partial charge in [-0.1, -0.05) is 27.7 Å². The summed E-state index contributed by atoms with van der Waals surface area (Å²) in [5.41, 5.74) is 2.19. The van der Waals surface area contributed by atoms with Gasteiger partial charge in [0.15, 0.2) is 0 Å². The van der Waals surface area contributed by atoms with Crippen LogP contribution in [0.5, 0.6) is 5.75 Å². The number of aryl methyl sites for hydroxylation is 1. The standard InChI is InChI=1S/C18H30N2O/c1-12(2)19-10-16-11-20-15(5)9-18(16)21-17-7-6-13(3)14(4)8-17/h9,11-14,17,19H,6-8,10H2,1-5H3. The lowest BCUT2D eigenvalue weighted by Crippen LogP contribution is -2.29. The van der Waals surface area contributed by atoms with Crippen LogP contribution in [0.3, 0.4) is 0 Å². The lowest BCUT2D eigenvalue weighted by molar-refractivity contribution is 0.0994. The van der Waals surface area contributed by atoms with Crippen LogP contribution in [-0.4, -0.2) is 17.1 Å². The van der Waals surface area contributed by atoms with Gasteiger partial charge in [-0.25, -0.2) is 0 Å². The molecule has 1 saturated carbocycles. The van der Waals surface area contributed by atoms with Crippen LogP contribution in [0.1, 0.15) is 58.2 Å². The van der Waals surface area contributed by atoms with Crippen LogP contribution >= 0.6 is 0 Å². The molecule has 3 nitrogen and oxygen atoms in total. The Morgan fingerprint density at radius 1 is 1.29 bits per heavy atom. The summed E-state index contributed by atoms with van der Waals surface area (Å²) in [7, 11) is 0. The van der Waals surface area contributed by atoms with E-state index in [-0.39, 0.29) is 0 Å². The third-order valence-electron chi connectivity index (χ3n) is 4.62. The molecule has 0 radical (unpaired) electrons. The van der Waals surface area contributed by atoms with Crippen molar-refractivity contribution in [3.05, 3.63) is 23.5 Å². The van der Waals surface area contributed by atoms with Crippen molar-refractivity contribution < 1.29 is 4.74 Å². The summed E-state index contributed by atoms with van der Waals surface area (Å²) in [5, 5.41) is 3.45. The smallest absolute Gasteiger partial charge is 0.127 e. The summed E-state index contributed by atoms with van der Waals surface area (Å²) in [6.07, 6.45) is 5.92. The van der Waals surface area contributed by atoms with Gasteiger partial charge >= 0.3 is 0 Å². The van der Waals surface area contributed by atoms with Gasteiger partial charge in [0.2, 0.25) is 0 Å². The molecule has 1 aromatic rings. The number of rotatable bonds is 5. The summed E-state index contributed by atoms with van der Waals surface area (Å²) in [6.45, 7) is 11.9. The zero-order chi connectivity index (χ0) is 15.4. The van der Waals surface area contributed by atoms with Gasteiger partial charge in [0, 0.05) is 36.1 Å². The Hall–Kier alpha value is -1.09. The number of hydrogen-bond acceptors (Lipinski definition) is 3. The molecule has 3 unspecified atom stereocenters. The molecule has 21 heavy (non-hydrogen) atoms. The second kappa shape index (κ2) is 7.26. The molecule has 3 atom stereocenters. The van der Waals surface area contributed by atoms with E-state index >= 15 is 0 Å². The lowest BCUT2D eigenvalue weighted by Gasteiger charge is -2.32. The lowest BCUT2D eigenvalue weighted by atomic mass is 9.80. The molecule has 0 amide bonds. The summed E-state index contributed by atoms with van der Waals surface area (Å²) in [4.78, 5) is 4.42. The van der Waals surface area contributed by atoms with Gasteiger partial charge < -0.3 is 10.1 Å². The number of nitrogens with zero attached hydrogens (tertiary/aromatic N) is 1. The Labute approximate surface area is 129 Å². The van der Waals surface area contributed by atoms with E-state index < -0.39 is 0 Å². The largest absolute Gasteiger partial charge is 0.490 e. The second-order valence-corrected chi connectivity index (χ2v) is 6.98. The molecule has 1 N–H and O–H groups in total.